The van der Waals surface area contributed by atoms with Gasteiger partial charge in [-0.05, 0) is 22.0 Å². The number of aromatic nitrogens is 3. The number of aromatic amines is 1. The molecule has 0 fully saturated rings. The molecule has 0 aliphatic rings. The largest absolute Gasteiger partial charge is 0.417 e. The van der Waals surface area contributed by atoms with Crippen LogP contribution in [0.2, 0.25) is 0 Å². The molecule has 0 saturated heterocycles. The van der Waals surface area contributed by atoms with Gasteiger partial charge >= 0.3 is 6.18 Å². The molecular weight excluding hydrogens is 263 g/mol. The summed E-state index contributed by atoms with van der Waals surface area (Å²) in [7, 11) is 0. The van der Waals surface area contributed by atoms with Crippen LogP contribution in [-0.2, 0) is 6.18 Å². The van der Waals surface area contributed by atoms with Gasteiger partial charge in [-0.3, -0.25) is 5.10 Å². The SMILES string of the molecule is FC(F)(F)c1cc(Br)nc2[nH]ncc12. The zero-order valence-corrected chi connectivity index (χ0v) is 8.15. The standard InChI is InChI=1S/C7H3BrF3N3/c8-5-1-4(7(9,10)11)3-2-12-14-6(3)13-5/h1-2H,(H,12,13,14). The monoisotopic (exact) mass is 265 g/mol. The Balaban J connectivity index is 2.80. The van der Waals surface area contributed by atoms with Crippen molar-refractivity contribution in [1.82, 2.24) is 15.2 Å². The number of nitrogens with one attached hydrogen (secondary N) is 1. The van der Waals surface area contributed by atoms with Crippen molar-refractivity contribution in [2.24, 2.45) is 0 Å². The third kappa shape index (κ3) is 1.47. The molecule has 0 amide bonds. The van der Waals surface area contributed by atoms with E-state index in [4.69, 9.17) is 0 Å². The van der Waals surface area contributed by atoms with Crippen molar-refractivity contribution >= 4 is 27.0 Å². The highest BCUT2D eigenvalue weighted by atomic mass is 79.9. The van der Waals surface area contributed by atoms with Crippen molar-refractivity contribution < 1.29 is 13.2 Å². The van der Waals surface area contributed by atoms with E-state index < -0.39 is 11.7 Å². The molecule has 1 N–H and O–H groups in total. The Kier molecular flexibility index (Phi) is 1.99. The fourth-order valence-corrected chi connectivity index (χ4v) is 1.54. The van der Waals surface area contributed by atoms with Gasteiger partial charge in [0.2, 0.25) is 0 Å². The van der Waals surface area contributed by atoms with Gasteiger partial charge < -0.3 is 0 Å². The number of nitrogens with zero attached hydrogens (tertiary/aromatic N) is 2. The number of hydrogen-bond donors (Lipinski definition) is 1. The van der Waals surface area contributed by atoms with E-state index in [-0.39, 0.29) is 15.6 Å². The van der Waals surface area contributed by atoms with Crippen molar-refractivity contribution in [1.29, 1.82) is 0 Å². The number of hydrogen-bond acceptors (Lipinski definition) is 2. The summed E-state index contributed by atoms with van der Waals surface area (Å²) in [4.78, 5) is 3.81. The van der Waals surface area contributed by atoms with E-state index in [0.717, 1.165) is 12.3 Å². The number of H-pyrrole nitrogens is 1. The number of rotatable bonds is 0. The zero-order valence-electron chi connectivity index (χ0n) is 6.56. The first-order valence-electron chi connectivity index (χ1n) is 3.55. The van der Waals surface area contributed by atoms with Crippen LogP contribution in [0.3, 0.4) is 0 Å². The molecule has 0 radical (unpaired) electrons. The molecule has 0 bridgehead atoms. The molecule has 0 spiro atoms. The number of halogens is 4. The molecular formula is C7H3BrF3N3. The Bertz CT molecular complexity index is 476. The minimum absolute atomic E-state index is 0.0271. The summed E-state index contributed by atoms with van der Waals surface area (Å²) in [6, 6.07) is 0.928. The molecule has 2 aromatic heterocycles. The fraction of sp³-hybridized carbons (Fsp3) is 0.143. The molecule has 74 valence electrons. The van der Waals surface area contributed by atoms with Crippen LogP contribution in [-0.4, -0.2) is 15.2 Å². The van der Waals surface area contributed by atoms with Crippen molar-refractivity contribution in [3.05, 3.63) is 22.4 Å². The lowest BCUT2D eigenvalue weighted by atomic mass is 10.2. The average Bonchev–Trinajstić information content (AvgIpc) is 2.47. The van der Waals surface area contributed by atoms with Crippen LogP contribution < -0.4 is 0 Å². The molecule has 0 aliphatic heterocycles. The molecule has 0 aromatic carbocycles. The minimum atomic E-state index is -4.40. The maximum Gasteiger partial charge on any atom is 0.417 e. The molecule has 2 aromatic rings. The number of alkyl halides is 3. The Labute approximate surface area is 84.5 Å². The Morgan fingerprint density at radius 3 is 2.71 bits per heavy atom. The molecule has 0 aliphatic carbocycles. The minimum Gasteiger partial charge on any atom is -0.261 e. The summed E-state index contributed by atoms with van der Waals surface area (Å²) in [5, 5.41) is 5.86. The van der Waals surface area contributed by atoms with E-state index in [1.165, 1.54) is 0 Å². The van der Waals surface area contributed by atoms with Crippen LogP contribution in [0.1, 0.15) is 5.56 Å². The van der Waals surface area contributed by atoms with Crippen molar-refractivity contribution in [3.8, 4) is 0 Å². The van der Waals surface area contributed by atoms with Gasteiger partial charge in [0.1, 0.15) is 4.60 Å². The lowest BCUT2D eigenvalue weighted by Gasteiger charge is -2.07. The first-order valence-corrected chi connectivity index (χ1v) is 4.34. The maximum atomic E-state index is 12.5. The highest BCUT2D eigenvalue weighted by molar-refractivity contribution is 9.10. The van der Waals surface area contributed by atoms with Gasteiger partial charge in [0.15, 0.2) is 5.65 Å². The van der Waals surface area contributed by atoms with Crippen LogP contribution in [0.25, 0.3) is 11.0 Å². The third-order valence-electron chi connectivity index (χ3n) is 1.70. The Morgan fingerprint density at radius 1 is 1.36 bits per heavy atom. The summed E-state index contributed by atoms with van der Waals surface area (Å²) < 4.78 is 37.6. The Hall–Kier alpha value is -1.11. The molecule has 0 atom stereocenters. The van der Waals surface area contributed by atoms with E-state index in [0.29, 0.717) is 0 Å². The van der Waals surface area contributed by atoms with E-state index in [1.54, 1.807) is 0 Å². The molecule has 2 rings (SSSR count). The molecule has 0 saturated carbocycles. The second-order valence-corrected chi connectivity index (χ2v) is 3.44. The van der Waals surface area contributed by atoms with Gasteiger partial charge in [0.05, 0.1) is 17.1 Å². The molecule has 3 nitrogen and oxygen atoms in total. The van der Waals surface area contributed by atoms with Crippen LogP contribution >= 0.6 is 15.9 Å². The van der Waals surface area contributed by atoms with E-state index in [9.17, 15) is 13.2 Å². The van der Waals surface area contributed by atoms with Gasteiger partial charge in [-0.25, -0.2) is 4.98 Å². The molecule has 0 unspecified atom stereocenters. The number of fused-ring (bicyclic) bond motifs is 1. The topological polar surface area (TPSA) is 41.6 Å². The van der Waals surface area contributed by atoms with Crippen molar-refractivity contribution in [2.75, 3.05) is 0 Å². The maximum absolute atomic E-state index is 12.5. The molecule has 14 heavy (non-hydrogen) atoms. The van der Waals surface area contributed by atoms with E-state index >= 15 is 0 Å². The predicted octanol–water partition coefficient (Wildman–Crippen LogP) is 2.74. The quantitative estimate of drug-likeness (QED) is 0.745. The lowest BCUT2D eigenvalue weighted by molar-refractivity contribution is -0.136. The van der Waals surface area contributed by atoms with Gasteiger partial charge in [0, 0.05) is 0 Å². The van der Waals surface area contributed by atoms with Crippen LogP contribution in [0.4, 0.5) is 13.2 Å². The third-order valence-corrected chi connectivity index (χ3v) is 2.10. The smallest absolute Gasteiger partial charge is 0.261 e. The summed E-state index contributed by atoms with van der Waals surface area (Å²) in [6.45, 7) is 0. The second-order valence-electron chi connectivity index (χ2n) is 2.62. The first-order chi connectivity index (χ1) is 6.48. The highest BCUT2D eigenvalue weighted by Crippen LogP contribution is 2.34. The summed E-state index contributed by atoms with van der Waals surface area (Å²) in [5.74, 6) is 0. The van der Waals surface area contributed by atoms with Crippen molar-refractivity contribution in [3.63, 3.8) is 0 Å². The van der Waals surface area contributed by atoms with Gasteiger partial charge in [-0.1, -0.05) is 0 Å². The fourth-order valence-electron chi connectivity index (χ4n) is 1.13. The van der Waals surface area contributed by atoms with Gasteiger partial charge in [0.25, 0.3) is 0 Å². The highest BCUT2D eigenvalue weighted by Gasteiger charge is 2.33. The van der Waals surface area contributed by atoms with Crippen molar-refractivity contribution in [2.45, 2.75) is 6.18 Å². The average molecular weight is 266 g/mol. The lowest BCUT2D eigenvalue weighted by Crippen LogP contribution is -2.05. The zero-order chi connectivity index (χ0) is 10.3. The van der Waals surface area contributed by atoms with E-state index in [2.05, 4.69) is 31.1 Å². The molecule has 7 heteroatoms. The van der Waals surface area contributed by atoms with Crippen LogP contribution in [0, 0.1) is 0 Å². The predicted molar refractivity (Wildman–Crippen MR) is 46.6 cm³/mol. The first kappa shape index (κ1) is 9.45. The van der Waals surface area contributed by atoms with Gasteiger partial charge in [-0.2, -0.15) is 18.3 Å². The molecule has 2 heterocycles. The summed E-state index contributed by atoms with van der Waals surface area (Å²) in [5.41, 5.74) is -0.630. The van der Waals surface area contributed by atoms with Crippen LogP contribution in [0.15, 0.2) is 16.9 Å². The Morgan fingerprint density at radius 2 is 2.07 bits per heavy atom. The number of pyridine rings is 1. The van der Waals surface area contributed by atoms with Crippen LogP contribution in [0.5, 0.6) is 0 Å². The normalized spacial score (nSPS) is 12.3. The summed E-state index contributed by atoms with van der Waals surface area (Å²) >= 11 is 2.90. The summed E-state index contributed by atoms with van der Waals surface area (Å²) in [6.07, 6.45) is -3.29. The van der Waals surface area contributed by atoms with E-state index in [1.807, 2.05) is 0 Å². The second kappa shape index (κ2) is 2.94. The van der Waals surface area contributed by atoms with Gasteiger partial charge in [-0.15, -0.1) is 0 Å².